The van der Waals surface area contributed by atoms with Crippen LogP contribution in [0.5, 0.6) is 5.75 Å². The average Bonchev–Trinajstić information content (AvgIpc) is 3.23. The number of fused-ring (bicyclic) bond motifs is 1. The van der Waals surface area contributed by atoms with Crippen LogP contribution in [-0.2, 0) is 10.0 Å². The quantitative estimate of drug-likeness (QED) is 0.424. The van der Waals surface area contributed by atoms with Crippen molar-refractivity contribution in [2.45, 2.75) is 4.90 Å². The van der Waals surface area contributed by atoms with E-state index in [1.54, 1.807) is 55.6 Å². The minimum atomic E-state index is -3.85. The summed E-state index contributed by atoms with van der Waals surface area (Å²) in [7, 11) is -0.848. The molecule has 1 N–H and O–H groups in total. The first-order valence-corrected chi connectivity index (χ1v) is 11.8. The second-order valence-corrected chi connectivity index (χ2v) is 9.99. The van der Waals surface area contributed by atoms with Crippen molar-refractivity contribution < 1.29 is 22.3 Å². The highest BCUT2D eigenvalue weighted by molar-refractivity contribution is 7.92. The van der Waals surface area contributed by atoms with Crippen molar-refractivity contribution in [2.24, 2.45) is 0 Å². The topological polar surface area (TPSA) is 75.7 Å². The van der Waals surface area contributed by atoms with E-state index in [0.717, 1.165) is 26.5 Å². The number of methoxy groups -OCH3 is 1. The first kappa shape index (κ1) is 21.8. The van der Waals surface area contributed by atoms with Crippen molar-refractivity contribution in [2.75, 3.05) is 23.8 Å². The van der Waals surface area contributed by atoms with Crippen molar-refractivity contribution in [3.05, 3.63) is 83.5 Å². The zero-order valence-corrected chi connectivity index (χ0v) is 18.8. The Morgan fingerprint density at radius 1 is 1.00 bits per heavy atom. The van der Waals surface area contributed by atoms with E-state index in [1.807, 2.05) is 0 Å². The number of benzene rings is 3. The van der Waals surface area contributed by atoms with Gasteiger partial charge in [0.2, 0.25) is 0 Å². The van der Waals surface area contributed by atoms with E-state index < -0.39 is 15.8 Å². The SMILES string of the molecule is COc1ccc(NC(=O)c2cc3cc(N(C)S(=O)(=O)c4ccc(F)cc4)ccc3s2)cc1. The van der Waals surface area contributed by atoms with Gasteiger partial charge in [0.1, 0.15) is 11.6 Å². The van der Waals surface area contributed by atoms with Crippen LogP contribution in [0.1, 0.15) is 9.67 Å². The van der Waals surface area contributed by atoms with Crippen LogP contribution >= 0.6 is 11.3 Å². The molecule has 6 nitrogen and oxygen atoms in total. The number of hydrogen-bond acceptors (Lipinski definition) is 5. The van der Waals surface area contributed by atoms with Crippen LogP contribution < -0.4 is 14.4 Å². The van der Waals surface area contributed by atoms with Crippen molar-refractivity contribution >= 4 is 48.7 Å². The number of nitrogens with one attached hydrogen (secondary N) is 1. The zero-order chi connectivity index (χ0) is 22.9. The molecular weight excluding hydrogens is 451 g/mol. The number of carbonyl (C=O) groups excluding carboxylic acids is 1. The summed E-state index contributed by atoms with van der Waals surface area (Å²) in [5.41, 5.74) is 1.07. The molecule has 4 rings (SSSR count). The monoisotopic (exact) mass is 470 g/mol. The molecule has 0 radical (unpaired) electrons. The Hall–Kier alpha value is -3.43. The highest BCUT2D eigenvalue weighted by Crippen LogP contribution is 2.31. The van der Waals surface area contributed by atoms with Crippen LogP contribution in [0.3, 0.4) is 0 Å². The molecule has 0 aliphatic heterocycles. The molecule has 32 heavy (non-hydrogen) atoms. The third kappa shape index (κ3) is 4.30. The van der Waals surface area contributed by atoms with Gasteiger partial charge in [0.25, 0.3) is 15.9 Å². The summed E-state index contributed by atoms with van der Waals surface area (Å²) in [6.07, 6.45) is 0. The second kappa shape index (κ2) is 8.60. The predicted molar refractivity (Wildman–Crippen MR) is 125 cm³/mol. The van der Waals surface area contributed by atoms with E-state index >= 15 is 0 Å². The summed E-state index contributed by atoms with van der Waals surface area (Å²) in [5, 5.41) is 3.58. The Balaban J connectivity index is 1.58. The fourth-order valence-corrected chi connectivity index (χ4v) is 5.23. The maximum Gasteiger partial charge on any atom is 0.265 e. The third-order valence-corrected chi connectivity index (χ3v) is 7.82. The molecule has 0 atom stereocenters. The molecule has 0 fully saturated rings. The van der Waals surface area contributed by atoms with E-state index in [-0.39, 0.29) is 10.8 Å². The Labute approximate surface area is 188 Å². The molecule has 0 aliphatic carbocycles. The first-order valence-electron chi connectivity index (χ1n) is 9.51. The highest BCUT2D eigenvalue weighted by Gasteiger charge is 2.22. The number of hydrogen-bond donors (Lipinski definition) is 1. The highest BCUT2D eigenvalue weighted by atomic mass is 32.2. The van der Waals surface area contributed by atoms with Gasteiger partial charge in [0.15, 0.2) is 0 Å². The molecule has 164 valence electrons. The molecule has 3 aromatic carbocycles. The molecule has 4 aromatic rings. The zero-order valence-electron chi connectivity index (χ0n) is 17.2. The predicted octanol–water partition coefficient (Wildman–Crippen LogP) is 5.13. The number of rotatable bonds is 6. The first-order chi connectivity index (χ1) is 15.3. The van der Waals surface area contributed by atoms with Gasteiger partial charge in [0, 0.05) is 17.4 Å². The Kier molecular flexibility index (Phi) is 5.86. The summed E-state index contributed by atoms with van der Waals surface area (Å²) in [5.74, 6) is -0.0750. The van der Waals surface area contributed by atoms with Crippen LogP contribution in [0, 0.1) is 5.82 Å². The lowest BCUT2D eigenvalue weighted by Gasteiger charge is -2.19. The number of thiophene rings is 1. The molecular formula is C23H19FN2O4S2. The fraction of sp³-hybridized carbons (Fsp3) is 0.0870. The van der Waals surface area contributed by atoms with Gasteiger partial charge in [0.05, 0.1) is 22.6 Å². The summed E-state index contributed by atoms with van der Waals surface area (Å²) in [4.78, 5) is 13.1. The van der Waals surface area contributed by atoms with Gasteiger partial charge in [-0.05, 0) is 78.2 Å². The fourth-order valence-electron chi connectivity index (χ4n) is 3.11. The van der Waals surface area contributed by atoms with Crippen LogP contribution in [0.4, 0.5) is 15.8 Å². The van der Waals surface area contributed by atoms with Gasteiger partial charge in [-0.1, -0.05) is 0 Å². The smallest absolute Gasteiger partial charge is 0.265 e. The van der Waals surface area contributed by atoms with Gasteiger partial charge in [-0.3, -0.25) is 9.10 Å². The van der Waals surface area contributed by atoms with Gasteiger partial charge in [-0.15, -0.1) is 11.3 Å². The lowest BCUT2D eigenvalue weighted by atomic mass is 10.2. The van der Waals surface area contributed by atoms with Crippen molar-refractivity contribution in [3.63, 3.8) is 0 Å². The van der Waals surface area contributed by atoms with Gasteiger partial charge in [-0.25, -0.2) is 12.8 Å². The maximum absolute atomic E-state index is 13.2. The average molecular weight is 471 g/mol. The maximum atomic E-state index is 13.2. The van der Waals surface area contributed by atoms with Crippen molar-refractivity contribution in [1.29, 1.82) is 0 Å². The van der Waals surface area contributed by atoms with E-state index in [0.29, 0.717) is 22.0 Å². The minimum absolute atomic E-state index is 0.00799. The molecule has 1 amide bonds. The summed E-state index contributed by atoms with van der Waals surface area (Å²) in [6.45, 7) is 0. The van der Waals surface area contributed by atoms with Crippen LogP contribution in [0.2, 0.25) is 0 Å². The molecule has 0 bridgehead atoms. The Morgan fingerprint density at radius 3 is 2.34 bits per heavy atom. The van der Waals surface area contributed by atoms with Crippen LogP contribution in [-0.4, -0.2) is 28.5 Å². The minimum Gasteiger partial charge on any atom is -0.497 e. The number of amides is 1. The number of nitrogens with zero attached hydrogens (tertiary/aromatic N) is 1. The summed E-state index contributed by atoms with van der Waals surface area (Å²) in [6, 6.07) is 18.5. The van der Waals surface area contributed by atoms with Crippen molar-refractivity contribution in [3.8, 4) is 5.75 Å². The summed E-state index contributed by atoms with van der Waals surface area (Å²) < 4.78 is 46.0. The van der Waals surface area contributed by atoms with Crippen LogP contribution in [0.25, 0.3) is 10.1 Å². The number of sulfonamides is 1. The van der Waals surface area contributed by atoms with Gasteiger partial charge in [-0.2, -0.15) is 0 Å². The Bertz CT molecular complexity index is 1380. The molecule has 0 aliphatic rings. The van der Waals surface area contributed by atoms with Gasteiger partial charge >= 0.3 is 0 Å². The third-order valence-electron chi connectivity index (χ3n) is 4.91. The molecule has 0 spiro atoms. The lowest BCUT2D eigenvalue weighted by molar-refractivity contribution is 0.103. The van der Waals surface area contributed by atoms with E-state index in [9.17, 15) is 17.6 Å². The lowest BCUT2D eigenvalue weighted by Crippen LogP contribution is -2.26. The standard InChI is InChI=1S/C23H19FN2O4S2/c1-26(32(28,29)20-10-3-16(24)4-11-20)18-7-12-21-15(13-18)14-22(31-21)23(27)25-17-5-8-19(30-2)9-6-17/h3-14H,1-2H3,(H,25,27). The van der Waals surface area contributed by atoms with Gasteiger partial charge < -0.3 is 10.1 Å². The number of anilines is 2. The molecule has 1 aromatic heterocycles. The van der Waals surface area contributed by atoms with E-state index in [1.165, 1.54) is 30.5 Å². The molecule has 0 saturated carbocycles. The number of halogens is 1. The Morgan fingerprint density at radius 2 is 1.69 bits per heavy atom. The largest absolute Gasteiger partial charge is 0.497 e. The number of carbonyl (C=O) groups is 1. The van der Waals surface area contributed by atoms with E-state index in [4.69, 9.17) is 4.74 Å². The second-order valence-electron chi connectivity index (χ2n) is 6.94. The molecule has 0 unspecified atom stereocenters. The van der Waals surface area contributed by atoms with Crippen LogP contribution in [0.15, 0.2) is 77.7 Å². The van der Waals surface area contributed by atoms with Crippen molar-refractivity contribution in [1.82, 2.24) is 0 Å². The molecule has 1 heterocycles. The van der Waals surface area contributed by atoms with E-state index in [2.05, 4.69) is 5.32 Å². The number of ether oxygens (including phenoxy) is 1. The molecule has 0 saturated heterocycles. The summed E-state index contributed by atoms with van der Waals surface area (Å²) >= 11 is 1.31. The molecule has 9 heteroatoms. The normalized spacial score (nSPS) is 11.3.